The van der Waals surface area contributed by atoms with Gasteiger partial charge >= 0.3 is 6.03 Å². The van der Waals surface area contributed by atoms with E-state index in [1.165, 1.54) is 6.04 Å². The van der Waals surface area contributed by atoms with E-state index in [2.05, 4.69) is 13.1 Å². The summed E-state index contributed by atoms with van der Waals surface area (Å²) in [4.78, 5) is 12.1. The third kappa shape index (κ3) is 5.91. The fraction of sp³-hybridized carbons (Fsp3) is 0.857. The van der Waals surface area contributed by atoms with Crippen molar-refractivity contribution in [2.24, 2.45) is 5.73 Å². The number of amides is 2. The predicted octanol–water partition coefficient (Wildman–Crippen LogP) is 0.874. The summed E-state index contributed by atoms with van der Waals surface area (Å²) in [5.74, 6) is 0. The van der Waals surface area contributed by atoms with Crippen molar-refractivity contribution in [3.05, 3.63) is 0 Å². The molecule has 0 aliphatic carbocycles. The van der Waals surface area contributed by atoms with E-state index < -0.39 is 8.80 Å². The second-order valence-electron chi connectivity index (χ2n) is 3.30. The SMILES string of the molecule is CN(CCC[SiH](C)C)C(N)=O. The molecule has 0 fully saturated rings. The minimum atomic E-state index is -0.440. The number of carbonyl (C=O) groups excluding carboxylic acids is 1. The maximum Gasteiger partial charge on any atom is 0.314 e. The average molecular weight is 174 g/mol. The molecule has 11 heavy (non-hydrogen) atoms. The van der Waals surface area contributed by atoms with Gasteiger partial charge in [-0.15, -0.1) is 0 Å². The number of hydrogen-bond donors (Lipinski definition) is 1. The molecular weight excluding hydrogens is 156 g/mol. The van der Waals surface area contributed by atoms with E-state index in [-0.39, 0.29) is 6.03 Å². The number of urea groups is 1. The smallest absolute Gasteiger partial charge is 0.314 e. The van der Waals surface area contributed by atoms with Crippen LogP contribution in [0.25, 0.3) is 0 Å². The molecule has 66 valence electrons. The molecule has 2 amide bonds. The number of rotatable bonds is 4. The van der Waals surface area contributed by atoms with E-state index in [0.29, 0.717) is 0 Å². The number of hydrogen-bond acceptors (Lipinski definition) is 1. The molecule has 0 spiro atoms. The second kappa shape index (κ2) is 5.18. The third-order valence-electron chi connectivity index (χ3n) is 1.65. The summed E-state index contributed by atoms with van der Waals surface area (Å²) < 4.78 is 0. The maximum atomic E-state index is 10.5. The highest BCUT2D eigenvalue weighted by atomic mass is 28.3. The van der Waals surface area contributed by atoms with E-state index in [4.69, 9.17) is 5.73 Å². The topological polar surface area (TPSA) is 46.3 Å². The summed E-state index contributed by atoms with van der Waals surface area (Å²) in [6.07, 6.45) is 1.10. The molecule has 2 N–H and O–H groups in total. The number of primary amides is 1. The van der Waals surface area contributed by atoms with Gasteiger partial charge in [-0.3, -0.25) is 0 Å². The van der Waals surface area contributed by atoms with E-state index in [0.717, 1.165) is 13.0 Å². The van der Waals surface area contributed by atoms with E-state index in [9.17, 15) is 4.79 Å². The quantitative estimate of drug-likeness (QED) is 0.632. The second-order valence-corrected chi connectivity index (χ2v) is 6.66. The molecule has 0 unspecified atom stereocenters. The lowest BCUT2D eigenvalue weighted by Gasteiger charge is -2.13. The Morgan fingerprint density at radius 1 is 1.55 bits per heavy atom. The van der Waals surface area contributed by atoms with Crippen molar-refractivity contribution in [2.75, 3.05) is 13.6 Å². The minimum absolute atomic E-state index is 0.324. The Bertz CT molecular complexity index is 128. The van der Waals surface area contributed by atoms with Crippen molar-refractivity contribution in [1.82, 2.24) is 4.90 Å². The summed E-state index contributed by atoms with van der Waals surface area (Å²) in [7, 11) is 1.30. The first-order valence-electron chi connectivity index (χ1n) is 4.04. The predicted molar refractivity (Wildman–Crippen MR) is 50.5 cm³/mol. The molecule has 0 rings (SSSR count). The van der Waals surface area contributed by atoms with Crippen molar-refractivity contribution in [2.45, 2.75) is 25.6 Å². The van der Waals surface area contributed by atoms with Crippen LogP contribution in [0.15, 0.2) is 0 Å². The van der Waals surface area contributed by atoms with Crippen LogP contribution in [0, 0.1) is 0 Å². The average Bonchev–Trinajstić information content (AvgIpc) is 1.86. The van der Waals surface area contributed by atoms with Crippen LogP contribution in [0.4, 0.5) is 4.79 Å². The van der Waals surface area contributed by atoms with Gasteiger partial charge in [0.25, 0.3) is 0 Å². The van der Waals surface area contributed by atoms with Crippen molar-refractivity contribution in [1.29, 1.82) is 0 Å². The number of carbonyl (C=O) groups is 1. The van der Waals surface area contributed by atoms with Gasteiger partial charge in [0.1, 0.15) is 0 Å². The lowest BCUT2D eigenvalue weighted by molar-refractivity contribution is 0.218. The molecule has 0 saturated carbocycles. The lowest BCUT2D eigenvalue weighted by Crippen LogP contribution is -2.32. The lowest BCUT2D eigenvalue weighted by atomic mass is 10.4. The van der Waals surface area contributed by atoms with E-state index >= 15 is 0 Å². The highest BCUT2D eigenvalue weighted by Gasteiger charge is 2.02. The van der Waals surface area contributed by atoms with Crippen molar-refractivity contribution in [3.63, 3.8) is 0 Å². The van der Waals surface area contributed by atoms with Gasteiger partial charge in [-0.05, 0) is 6.42 Å². The van der Waals surface area contributed by atoms with Gasteiger partial charge in [-0.2, -0.15) is 0 Å². The van der Waals surface area contributed by atoms with Gasteiger partial charge in [0.15, 0.2) is 0 Å². The minimum Gasteiger partial charge on any atom is -0.351 e. The Balaban J connectivity index is 3.31. The van der Waals surface area contributed by atoms with Crippen LogP contribution >= 0.6 is 0 Å². The summed E-state index contributed by atoms with van der Waals surface area (Å²) in [5, 5.41) is 0. The van der Waals surface area contributed by atoms with E-state index in [1.807, 2.05) is 0 Å². The van der Waals surface area contributed by atoms with Crippen LogP contribution in [0.1, 0.15) is 6.42 Å². The van der Waals surface area contributed by atoms with Crippen LogP contribution in [0.2, 0.25) is 19.1 Å². The Morgan fingerprint density at radius 3 is 2.45 bits per heavy atom. The molecule has 0 aromatic rings. The zero-order chi connectivity index (χ0) is 8.85. The summed E-state index contributed by atoms with van der Waals surface area (Å²) in [5.41, 5.74) is 5.05. The van der Waals surface area contributed by atoms with Crippen LogP contribution in [-0.2, 0) is 0 Å². The molecule has 0 aliphatic heterocycles. The van der Waals surface area contributed by atoms with Crippen molar-refractivity contribution in [3.8, 4) is 0 Å². The molecule has 0 aromatic heterocycles. The van der Waals surface area contributed by atoms with Gasteiger partial charge in [0, 0.05) is 22.4 Å². The van der Waals surface area contributed by atoms with Gasteiger partial charge in [0.2, 0.25) is 0 Å². The molecule has 0 radical (unpaired) electrons. The first-order valence-corrected chi connectivity index (χ1v) is 7.17. The molecule has 3 nitrogen and oxygen atoms in total. The Morgan fingerprint density at radius 2 is 2.09 bits per heavy atom. The largest absolute Gasteiger partial charge is 0.351 e. The first kappa shape index (κ1) is 10.5. The van der Waals surface area contributed by atoms with Gasteiger partial charge < -0.3 is 10.6 Å². The molecule has 4 heteroatoms. The van der Waals surface area contributed by atoms with Gasteiger partial charge in [-0.1, -0.05) is 19.1 Å². The van der Waals surface area contributed by atoms with Crippen LogP contribution in [0.5, 0.6) is 0 Å². The monoisotopic (exact) mass is 174 g/mol. The zero-order valence-electron chi connectivity index (χ0n) is 7.63. The normalized spacial score (nSPS) is 10.2. The summed E-state index contributed by atoms with van der Waals surface area (Å²) in [6, 6.07) is 0.966. The Hall–Kier alpha value is -0.513. The molecule has 0 bridgehead atoms. The summed E-state index contributed by atoms with van der Waals surface area (Å²) in [6.45, 7) is 5.43. The molecule has 0 aromatic carbocycles. The Kier molecular flexibility index (Phi) is 4.94. The molecule has 0 saturated heterocycles. The zero-order valence-corrected chi connectivity index (χ0v) is 8.79. The van der Waals surface area contributed by atoms with Crippen molar-refractivity contribution >= 4 is 14.8 Å². The third-order valence-corrected chi connectivity index (χ3v) is 3.21. The van der Waals surface area contributed by atoms with Crippen LogP contribution in [0.3, 0.4) is 0 Å². The molecular formula is C7H18N2OSi. The first-order chi connectivity index (χ1) is 5.04. The maximum absolute atomic E-state index is 10.5. The van der Waals surface area contributed by atoms with Crippen LogP contribution < -0.4 is 5.73 Å². The molecule has 0 atom stereocenters. The number of nitrogens with two attached hydrogens (primary N) is 1. The van der Waals surface area contributed by atoms with Crippen LogP contribution in [-0.4, -0.2) is 33.3 Å². The van der Waals surface area contributed by atoms with E-state index in [1.54, 1.807) is 11.9 Å². The highest BCUT2D eigenvalue weighted by molar-refractivity contribution is 6.55. The fourth-order valence-electron chi connectivity index (χ4n) is 0.847. The van der Waals surface area contributed by atoms with Gasteiger partial charge in [0.05, 0.1) is 0 Å². The molecule has 0 heterocycles. The number of nitrogens with zero attached hydrogens (tertiary/aromatic N) is 1. The fourth-order valence-corrected chi connectivity index (χ4v) is 1.85. The standard InChI is InChI=1S/C7H18N2OSi/c1-9(7(8)10)5-4-6-11(2)3/h11H,4-6H2,1-3H3,(H2,8,10). The Labute approximate surface area is 70.2 Å². The van der Waals surface area contributed by atoms with Crippen molar-refractivity contribution < 1.29 is 4.79 Å². The highest BCUT2D eigenvalue weighted by Crippen LogP contribution is 1.98. The summed E-state index contributed by atoms with van der Waals surface area (Å²) >= 11 is 0. The molecule has 0 aliphatic rings. The van der Waals surface area contributed by atoms with Gasteiger partial charge in [-0.25, -0.2) is 4.79 Å².